The van der Waals surface area contributed by atoms with Crippen molar-refractivity contribution < 1.29 is 152 Å². The molecule has 6 rings (SSSR count). The largest absolute Gasteiger partial charge is 0.494 e. The fourth-order valence-electron chi connectivity index (χ4n) is 12.0. The average Bonchev–Trinajstić information content (AvgIpc) is 0.781. The van der Waals surface area contributed by atoms with Crippen LogP contribution >= 0.6 is 0 Å². The zero-order valence-electron chi connectivity index (χ0n) is 56.3. The van der Waals surface area contributed by atoms with Crippen LogP contribution in [0, 0.1) is 0 Å². The summed E-state index contributed by atoms with van der Waals surface area (Å²) in [5.74, 6) is -3.54. The molecule has 5 aliphatic rings. The minimum Gasteiger partial charge on any atom is -0.494 e. The van der Waals surface area contributed by atoms with E-state index in [0.717, 1.165) is 53.4 Å². The first-order valence-corrected chi connectivity index (χ1v) is 33.2. The van der Waals surface area contributed by atoms with E-state index in [4.69, 9.17) is 56.8 Å². The molecule has 0 aromatic heterocycles. The standard InChI is InChI=1S/C63H103N5O31/c1-8-9-10-11-12-13-14-15-16-20-88-35-19-17-18-34(21-35)58(86)68-43-48(80)47(79)36(23-69)93-60(43)98-56-39(26-72)95-61(45(51(56)83)67-33(7)77)97-54(28(2)73)37(24-70)91-41(22-64-30(4)74)96-55-38(25-71)94-62(44(50(55)82)66-32(6)76)99-57-40(92-59(87)42(49(57)81)65-31(5)75)27-89-63-53(85)52(84)46(78)29(3)90-63/h13-14,17-19,21,28-29,36-57,59-63,69-73,78-85,87H,8-12,15-16,20,22-27H2,1-7H3,(H,64,74)(H,65,75)(H,66,76)(H,67,77)(H,68,86)/b14-13-/t28?,29?,36?,37?,38?,39?,40?,41-,42?,43?,44?,45?,46+,47+,48?,49?,50?,51?,52?,53?,54-,55+,56+,57+,59+,60-,61-,62-,63+/m0/s1. The van der Waals surface area contributed by atoms with Crippen LogP contribution in [0.5, 0.6) is 5.75 Å². The number of hydrogen-bond donors (Lipinski definition) is 19. The van der Waals surface area contributed by atoms with Crippen LogP contribution in [0.2, 0.25) is 0 Å². The molecule has 5 heterocycles. The third-order valence-electron chi connectivity index (χ3n) is 17.2. The Hall–Kier alpha value is -4.89. The Morgan fingerprint density at radius 1 is 0.566 bits per heavy atom. The third kappa shape index (κ3) is 23.1. The number of ether oxygens (including phenoxy) is 12. The zero-order valence-corrected chi connectivity index (χ0v) is 56.3. The number of aliphatic hydroxyl groups excluding tert-OH is 14. The van der Waals surface area contributed by atoms with Gasteiger partial charge in [-0.1, -0.05) is 44.4 Å². The van der Waals surface area contributed by atoms with Crippen LogP contribution in [0.25, 0.3) is 0 Å². The first-order chi connectivity index (χ1) is 47.1. The Morgan fingerprint density at radius 2 is 1.12 bits per heavy atom. The van der Waals surface area contributed by atoms with Gasteiger partial charge in [-0.2, -0.15) is 0 Å². The lowest BCUT2D eigenvalue weighted by molar-refractivity contribution is -0.354. The molecule has 566 valence electrons. The molecule has 5 saturated heterocycles. The van der Waals surface area contributed by atoms with Crippen LogP contribution in [0.3, 0.4) is 0 Å². The molecule has 36 heteroatoms. The monoisotopic (exact) mass is 1430 g/mol. The number of allylic oxidation sites excluding steroid dienone is 2. The van der Waals surface area contributed by atoms with E-state index in [-0.39, 0.29) is 5.56 Å². The maximum Gasteiger partial charge on any atom is 0.251 e. The summed E-state index contributed by atoms with van der Waals surface area (Å²) < 4.78 is 72.0. The molecular formula is C63H103N5O31. The van der Waals surface area contributed by atoms with Gasteiger partial charge < -0.3 is 155 Å². The predicted octanol–water partition coefficient (Wildman–Crippen LogP) is -6.74. The van der Waals surface area contributed by atoms with Crippen molar-refractivity contribution in [2.75, 3.05) is 46.2 Å². The number of hydrogen-bond acceptors (Lipinski definition) is 31. The van der Waals surface area contributed by atoms with Crippen LogP contribution in [0.15, 0.2) is 36.4 Å². The Labute approximate surface area is 572 Å². The highest BCUT2D eigenvalue weighted by Crippen LogP contribution is 2.35. The molecule has 36 nitrogen and oxygen atoms in total. The summed E-state index contributed by atoms with van der Waals surface area (Å²) in [5, 5.41) is 168. The van der Waals surface area contributed by atoms with Crippen LogP contribution in [-0.4, -0.2) is 325 Å². The summed E-state index contributed by atoms with van der Waals surface area (Å²) in [6.45, 7) is 3.90. The van der Waals surface area contributed by atoms with Crippen molar-refractivity contribution in [2.24, 2.45) is 0 Å². The lowest BCUT2D eigenvalue weighted by Gasteiger charge is -2.49. The second-order valence-corrected chi connectivity index (χ2v) is 25.1. The minimum atomic E-state index is -2.04. The van der Waals surface area contributed by atoms with Gasteiger partial charge in [-0.3, -0.25) is 24.0 Å². The lowest BCUT2D eigenvalue weighted by atomic mass is 9.94. The molecule has 0 bridgehead atoms. The highest BCUT2D eigenvalue weighted by Gasteiger charge is 2.56. The van der Waals surface area contributed by atoms with Gasteiger partial charge in [0.25, 0.3) is 5.91 Å². The molecule has 29 atom stereocenters. The van der Waals surface area contributed by atoms with E-state index in [1.54, 1.807) is 12.1 Å². The predicted molar refractivity (Wildman–Crippen MR) is 335 cm³/mol. The Morgan fingerprint density at radius 3 is 1.72 bits per heavy atom. The van der Waals surface area contributed by atoms with E-state index in [2.05, 4.69) is 45.7 Å². The molecular weight excluding hydrogens is 1320 g/mol. The van der Waals surface area contributed by atoms with Gasteiger partial charge in [-0.05, 0) is 57.7 Å². The minimum absolute atomic E-state index is 0.0474. The first kappa shape index (κ1) is 83.1. The molecule has 0 spiro atoms. The molecule has 1 aromatic carbocycles. The van der Waals surface area contributed by atoms with Crippen molar-refractivity contribution in [3.05, 3.63) is 42.0 Å². The zero-order chi connectivity index (χ0) is 72.9. The van der Waals surface area contributed by atoms with Crippen molar-refractivity contribution in [2.45, 2.75) is 271 Å². The van der Waals surface area contributed by atoms with Gasteiger partial charge in [0.15, 0.2) is 37.7 Å². The molecule has 1 aromatic rings. The summed E-state index contributed by atoms with van der Waals surface area (Å²) in [4.78, 5) is 64.5. The van der Waals surface area contributed by atoms with E-state index in [1.165, 1.54) is 38.8 Å². The van der Waals surface area contributed by atoms with Crippen LogP contribution in [0.1, 0.15) is 104 Å². The highest BCUT2D eigenvalue weighted by atomic mass is 16.8. The Bertz CT molecular complexity index is 2680. The van der Waals surface area contributed by atoms with Crippen molar-refractivity contribution in [1.82, 2.24) is 26.6 Å². The molecule has 0 aliphatic carbocycles. The van der Waals surface area contributed by atoms with Gasteiger partial charge >= 0.3 is 0 Å². The normalized spacial score (nSPS) is 36.2. The quantitative estimate of drug-likeness (QED) is 0.0169. The smallest absolute Gasteiger partial charge is 0.251 e. The van der Waals surface area contributed by atoms with E-state index < -0.39 is 247 Å². The number of benzene rings is 1. The molecule has 5 aliphatic heterocycles. The van der Waals surface area contributed by atoms with Gasteiger partial charge in [0.2, 0.25) is 23.6 Å². The molecule has 19 N–H and O–H groups in total. The maximum absolute atomic E-state index is 13.9. The van der Waals surface area contributed by atoms with Crippen molar-refractivity contribution in [1.29, 1.82) is 0 Å². The van der Waals surface area contributed by atoms with Gasteiger partial charge in [0.1, 0.15) is 134 Å². The number of carbonyl (C=O) groups excluding carboxylic acids is 5. The SMILES string of the molecule is CCCCCC/C=C\CCCOc1cccc(C(=O)NC2C(O)[C@H](O)C(CO)O[C@H]2O[C@@H]2C(CO)O[C@@H](O[C@@H](C(C)O)C(CO)O[C@H](CNC(C)=O)O[C@@H]3C(CO)O[C@@H](O[C@@H]4C(CO[C@@H]5OC(C)[C@@H](O)C(O)C5O)O[C@@H](O)C(NC(C)=O)C4O)C(NC(C)=O)C3O)C(NC(C)=O)C2O)c1. The second kappa shape index (κ2) is 40.2. The molecule has 5 amide bonds. The van der Waals surface area contributed by atoms with E-state index >= 15 is 0 Å². The third-order valence-corrected chi connectivity index (χ3v) is 17.2. The topological polar surface area (TPSA) is 539 Å². The Balaban J connectivity index is 1.20. The van der Waals surface area contributed by atoms with E-state index in [1.807, 2.05) is 0 Å². The van der Waals surface area contributed by atoms with Crippen molar-refractivity contribution in [3.8, 4) is 5.75 Å². The number of carbonyl (C=O) groups is 5. The summed E-state index contributed by atoms with van der Waals surface area (Å²) in [5.41, 5.74) is 0.0474. The van der Waals surface area contributed by atoms with Crippen LogP contribution in [0.4, 0.5) is 0 Å². The molecule has 0 saturated carbocycles. The lowest BCUT2D eigenvalue weighted by Crippen LogP contribution is -2.70. The number of aliphatic hydroxyl groups is 14. The Kier molecular flexibility index (Phi) is 33.8. The first-order valence-electron chi connectivity index (χ1n) is 33.2. The summed E-state index contributed by atoms with van der Waals surface area (Å²) in [7, 11) is 0. The van der Waals surface area contributed by atoms with Gasteiger partial charge in [-0.25, -0.2) is 0 Å². The maximum atomic E-state index is 13.9. The number of rotatable bonds is 36. The summed E-state index contributed by atoms with van der Waals surface area (Å²) in [6.07, 6.45) is -32.9. The number of unbranched alkanes of at least 4 members (excludes halogenated alkanes) is 5. The van der Waals surface area contributed by atoms with Gasteiger partial charge in [-0.15, -0.1) is 0 Å². The van der Waals surface area contributed by atoms with Gasteiger partial charge in [0, 0.05) is 33.3 Å². The van der Waals surface area contributed by atoms with E-state index in [9.17, 15) is 95.5 Å². The average molecular weight is 1430 g/mol. The molecule has 0 radical (unpaired) electrons. The highest BCUT2D eigenvalue weighted by molar-refractivity contribution is 5.94. The molecule has 5 fully saturated rings. The van der Waals surface area contributed by atoms with Crippen LogP contribution in [-0.2, 0) is 71.3 Å². The van der Waals surface area contributed by atoms with Crippen molar-refractivity contribution >= 4 is 29.5 Å². The molecule has 17 unspecified atom stereocenters. The van der Waals surface area contributed by atoms with Crippen molar-refractivity contribution in [3.63, 3.8) is 0 Å². The van der Waals surface area contributed by atoms with Crippen LogP contribution < -0.4 is 31.3 Å². The fraction of sp³-hybridized carbons (Fsp3) is 0.794. The fourth-order valence-corrected chi connectivity index (χ4v) is 12.0. The second-order valence-electron chi connectivity index (χ2n) is 25.1. The van der Waals surface area contributed by atoms with Gasteiger partial charge in [0.05, 0.1) is 58.4 Å². The summed E-state index contributed by atoms with van der Waals surface area (Å²) >= 11 is 0. The van der Waals surface area contributed by atoms with E-state index in [0.29, 0.717) is 18.8 Å². The summed E-state index contributed by atoms with van der Waals surface area (Å²) in [6, 6.07) is -0.686. The number of nitrogens with one attached hydrogen (secondary N) is 5. The molecule has 99 heavy (non-hydrogen) atoms. The number of amides is 5.